The molecule has 4 nitrogen and oxygen atoms in total. The lowest BCUT2D eigenvalue weighted by Crippen LogP contribution is -1.95. The maximum Gasteiger partial charge on any atom is 0.281 e. The quantitative estimate of drug-likeness (QED) is 0.725. The van der Waals surface area contributed by atoms with Gasteiger partial charge in [-0.15, -0.1) is 5.10 Å². The summed E-state index contributed by atoms with van der Waals surface area (Å²) in [6, 6.07) is 3.05. The molecule has 0 aliphatic carbocycles. The van der Waals surface area contributed by atoms with Gasteiger partial charge in [0.05, 0.1) is 6.20 Å². The number of halogens is 2. The molecule has 0 unspecified atom stereocenters. The summed E-state index contributed by atoms with van der Waals surface area (Å²) in [5, 5.41) is 3.78. The molecule has 0 atom stereocenters. The van der Waals surface area contributed by atoms with Crippen molar-refractivity contribution in [2.45, 2.75) is 6.43 Å². The molecule has 0 saturated heterocycles. The number of nitrogens with two attached hydrogens (primary N) is 1. The predicted octanol–water partition coefficient (Wildman–Crippen LogP) is 1.25. The zero-order valence-corrected chi connectivity index (χ0v) is 6.48. The molecule has 2 aromatic heterocycles. The van der Waals surface area contributed by atoms with Gasteiger partial charge in [0.2, 0.25) is 0 Å². The Balaban J connectivity index is 2.62. The number of hydrogen-bond acceptors (Lipinski definition) is 3. The van der Waals surface area contributed by atoms with Crippen LogP contribution in [-0.4, -0.2) is 14.6 Å². The van der Waals surface area contributed by atoms with Crippen LogP contribution in [0.25, 0.3) is 5.65 Å². The molecule has 0 aliphatic heterocycles. The van der Waals surface area contributed by atoms with Gasteiger partial charge in [-0.25, -0.2) is 18.3 Å². The average Bonchev–Trinajstić information content (AvgIpc) is 2.46. The summed E-state index contributed by atoms with van der Waals surface area (Å²) in [5.74, 6) is 0.269. The molecule has 68 valence electrons. The van der Waals surface area contributed by atoms with Crippen LogP contribution < -0.4 is 5.73 Å². The van der Waals surface area contributed by atoms with Crippen LogP contribution in [0, 0.1) is 0 Å². The molecule has 2 rings (SSSR count). The number of fused-ring (bicyclic) bond motifs is 1. The summed E-state index contributed by atoms with van der Waals surface area (Å²) in [6.07, 6.45) is -1.42. The van der Waals surface area contributed by atoms with Gasteiger partial charge in [0.1, 0.15) is 11.5 Å². The maximum atomic E-state index is 12.2. The molecule has 2 N–H and O–H groups in total. The summed E-state index contributed by atoms with van der Waals surface area (Å²) in [6.45, 7) is 0. The van der Waals surface area contributed by atoms with Gasteiger partial charge in [0.15, 0.2) is 5.65 Å². The molecule has 0 spiro atoms. The molecule has 0 bridgehead atoms. The average molecular weight is 184 g/mol. The first-order chi connectivity index (χ1) is 6.16. The van der Waals surface area contributed by atoms with Crippen molar-refractivity contribution in [2.24, 2.45) is 0 Å². The first-order valence-corrected chi connectivity index (χ1v) is 3.57. The van der Waals surface area contributed by atoms with Crippen molar-refractivity contribution in [1.82, 2.24) is 14.6 Å². The van der Waals surface area contributed by atoms with Gasteiger partial charge < -0.3 is 5.73 Å². The number of anilines is 1. The molecule has 0 saturated carbocycles. The van der Waals surface area contributed by atoms with Gasteiger partial charge in [0, 0.05) is 0 Å². The van der Waals surface area contributed by atoms with Crippen LogP contribution in [-0.2, 0) is 0 Å². The molecule has 0 amide bonds. The standard InChI is InChI=1S/C7H6F2N4/c8-7(9)4-3-13-6(11-4)2-1-5(10)12-13/h1-3,7H,(H2,10,12). The minimum Gasteiger partial charge on any atom is -0.382 e. The highest BCUT2D eigenvalue weighted by Crippen LogP contribution is 2.17. The molecule has 0 radical (unpaired) electrons. The van der Waals surface area contributed by atoms with E-state index >= 15 is 0 Å². The summed E-state index contributed by atoms with van der Waals surface area (Å²) in [5.41, 5.74) is 5.43. The summed E-state index contributed by atoms with van der Waals surface area (Å²) in [7, 11) is 0. The molecule has 0 fully saturated rings. The lowest BCUT2D eigenvalue weighted by atomic mass is 10.5. The number of alkyl halides is 2. The van der Waals surface area contributed by atoms with Crippen LogP contribution in [0.15, 0.2) is 18.3 Å². The van der Waals surface area contributed by atoms with Crippen molar-refractivity contribution in [2.75, 3.05) is 5.73 Å². The monoisotopic (exact) mass is 184 g/mol. The van der Waals surface area contributed by atoms with E-state index in [1.54, 1.807) is 0 Å². The van der Waals surface area contributed by atoms with Crippen LogP contribution in [0.5, 0.6) is 0 Å². The topological polar surface area (TPSA) is 56.2 Å². The van der Waals surface area contributed by atoms with Crippen molar-refractivity contribution >= 4 is 11.5 Å². The SMILES string of the molecule is Nc1ccc2nc(C(F)F)cn2n1. The zero-order valence-electron chi connectivity index (χ0n) is 6.48. The molecular weight excluding hydrogens is 178 g/mol. The molecule has 0 aliphatic rings. The maximum absolute atomic E-state index is 12.2. The third-order valence-corrected chi connectivity index (χ3v) is 1.58. The number of imidazole rings is 1. The Morgan fingerprint density at radius 2 is 2.15 bits per heavy atom. The molecule has 0 aromatic carbocycles. The second kappa shape index (κ2) is 2.65. The number of nitrogens with zero attached hydrogens (tertiary/aromatic N) is 3. The van der Waals surface area contributed by atoms with Crippen molar-refractivity contribution in [3.63, 3.8) is 0 Å². The Morgan fingerprint density at radius 1 is 1.38 bits per heavy atom. The molecule has 2 aromatic rings. The predicted molar refractivity (Wildman–Crippen MR) is 42.4 cm³/mol. The smallest absolute Gasteiger partial charge is 0.281 e. The van der Waals surface area contributed by atoms with E-state index in [1.165, 1.54) is 16.6 Å². The lowest BCUT2D eigenvalue weighted by Gasteiger charge is -1.91. The van der Waals surface area contributed by atoms with E-state index < -0.39 is 6.43 Å². The van der Waals surface area contributed by atoms with E-state index in [1.807, 2.05) is 0 Å². The number of aromatic nitrogens is 3. The van der Waals surface area contributed by atoms with Gasteiger partial charge in [-0.05, 0) is 12.1 Å². The number of nitrogen functional groups attached to an aromatic ring is 1. The normalized spacial score (nSPS) is 11.3. The third-order valence-electron chi connectivity index (χ3n) is 1.58. The minimum atomic E-state index is -2.58. The fourth-order valence-corrected chi connectivity index (χ4v) is 1.02. The number of rotatable bonds is 1. The first-order valence-electron chi connectivity index (χ1n) is 3.57. The van der Waals surface area contributed by atoms with Gasteiger partial charge in [-0.1, -0.05) is 0 Å². The van der Waals surface area contributed by atoms with Crippen molar-refractivity contribution < 1.29 is 8.78 Å². The highest BCUT2D eigenvalue weighted by atomic mass is 19.3. The van der Waals surface area contributed by atoms with Crippen LogP contribution >= 0.6 is 0 Å². The van der Waals surface area contributed by atoms with Gasteiger partial charge in [-0.2, -0.15) is 0 Å². The molecule has 6 heteroatoms. The summed E-state index contributed by atoms with van der Waals surface area (Å²) < 4.78 is 25.6. The molecule has 2 heterocycles. The van der Waals surface area contributed by atoms with Crippen LogP contribution in [0.1, 0.15) is 12.1 Å². The summed E-state index contributed by atoms with van der Waals surface area (Å²) >= 11 is 0. The van der Waals surface area contributed by atoms with Crippen LogP contribution in [0.2, 0.25) is 0 Å². The first kappa shape index (κ1) is 7.90. The van der Waals surface area contributed by atoms with Crippen molar-refractivity contribution in [1.29, 1.82) is 0 Å². The van der Waals surface area contributed by atoms with Crippen molar-refractivity contribution in [3.05, 3.63) is 24.0 Å². The van der Waals surface area contributed by atoms with E-state index in [0.717, 1.165) is 6.20 Å². The lowest BCUT2D eigenvalue weighted by molar-refractivity contribution is 0.146. The Labute approximate surface area is 72.0 Å². The Hall–Kier alpha value is -1.72. The van der Waals surface area contributed by atoms with E-state index in [-0.39, 0.29) is 11.5 Å². The minimum absolute atomic E-state index is 0.269. The second-order valence-corrected chi connectivity index (χ2v) is 2.53. The second-order valence-electron chi connectivity index (χ2n) is 2.53. The Bertz CT molecular complexity index is 437. The summed E-state index contributed by atoms with van der Waals surface area (Å²) in [4.78, 5) is 3.65. The Morgan fingerprint density at radius 3 is 2.85 bits per heavy atom. The van der Waals surface area contributed by atoms with E-state index in [2.05, 4.69) is 10.1 Å². The fraction of sp³-hybridized carbons (Fsp3) is 0.143. The van der Waals surface area contributed by atoms with Crippen molar-refractivity contribution in [3.8, 4) is 0 Å². The largest absolute Gasteiger partial charge is 0.382 e. The van der Waals surface area contributed by atoms with Gasteiger partial charge >= 0.3 is 0 Å². The zero-order chi connectivity index (χ0) is 9.42. The van der Waals surface area contributed by atoms with Crippen LogP contribution in [0.3, 0.4) is 0 Å². The van der Waals surface area contributed by atoms with Gasteiger partial charge in [0.25, 0.3) is 6.43 Å². The molecular formula is C7H6F2N4. The Kier molecular flexibility index (Phi) is 1.61. The highest BCUT2D eigenvalue weighted by Gasteiger charge is 2.11. The fourth-order valence-electron chi connectivity index (χ4n) is 1.02. The van der Waals surface area contributed by atoms with E-state index in [4.69, 9.17) is 5.73 Å². The van der Waals surface area contributed by atoms with E-state index in [9.17, 15) is 8.78 Å². The highest BCUT2D eigenvalue weighted by molar-refractivity contribution is 5.43. The molecule has 13 heavy (non-hydrogen) atoms. The van der Waals surface area contributed by atoms with Crippen LogP contribution in [0.4, 0.5) is 14.6 Å². The van der Waals surface area contributed by atoms with Gasteiger partial charge in [-0.3, -0.25) is 0 Å². The third kappa shape index (κ3) is 1.30. The van der Waals surface area contributed by atoms with E-state index in [0.29, 0.717) is 5.65 Å². The number of hydrogen-bond donors (Lipinski definition) is 1.